The fraction of sp³-hybridized carbons (Fsp3) is 0.421. The zero-order chi connectivity index (χ0) is 18.4. The maximum Gasteiger partial charge on any atom is 0.253 e. The summed E-state index contributed by atoms with van der Waals surface area (Å²) in [4.78, 5) is 16.9. The van der Waals surface area contributed by atoms with E-state index in [0.717, 1.165) is 46.1 Å². The normalized spacial score (nSPS) is 14.2. The number of nitrogens with one attached hydrogen (secondary N) is 1. The Kier molecular flexibility index (Phi) is 4.26. The van der Waals surface area contributed by atoms with Crippen molar-refractivity contribution in [2.45, 2.75) is 33.2 Å². The SMILES string of the molecule is CSNc1nc(-c2cc(C)c(=O)n(C)c2)cc2c1c(C)nn2CC1CC1. The van der Waals surface area contributed by atoms with Crippen molar-refractivity contribution < 1.29 is 0 Å². The number of aromatic nitrogens is 4. The third-order valence-corrected chi connectivity index (χ3v) is 5.29. The van der Waals surface area contributed by atoms with Gasteiger partial charge >= 0.3 is 0 Å². The predicted octanol–water partition coefficient (Wildman–Crippen LogP) is 3.51. The van der Waals surface area contributed by atoms with E-state index in [0.29, 0.717) is 5.56 Å². The summed E-state index contributed by atoms with van der Waals surface area (Å²) in [5.41, 5.74) is 4.62. The van der Waals surface area contributed by atoms with Crippen LogP contribution in [0.3, 0.4) is 0 Å². The van der Waals surface area contributed by atoms with Crippen molar-refractivity contribution in [3.05, 3.63) is 39.9 Å². The first-order chi connectivity index (χ1) is 12.5. The number of pyridine rings is 2. The molecular formula is C19H23N5OS. The van der Waals surface area contributed by atoms with Gasteiger partial charge in [-0.3, -0.25) is 9.48 Å². The number of nitrogens with zero attached hydrogens (tertiary/aromatic N) is 4. The van der Waals surface area contributed by atoms with Crippen LogP contribution in [0.25, 0.3) is 22.2 Å². The lowest BCUT2D eigenvalue weighted by Crippen LogP contribution is -2.18. The summed E-state index contributed by atoms with van der Waals surface area (Å²) in [6.07, 6.45) is 6.41. The average Bonchev–Trinajstić information content (AvgIpc) is 3.36. The highest BCUT2D eigenvalue weighted by Gasteiger charge is 2.24. The summed E-state index contributed by atoms with van der Waals surface area (Å²) in [6.45, 7) is 4.83. The van der Waals surface area contributed by atoms with E-state index in [1.807, 2.05) is 32.4 Å². The highest BCUT2D eigenvalue weighted by molar-refractivity contribution is 7.99. The second-order valence-corrected chi connectivity index (χ2v) is 7.71. The topological polar surface area (TPSA) is 64.7 Å². The van der Waals surface area contributed by atoms with Crippen LogP contribution in [0, 0.1) is 19.8 Å². The van der Waals surface area contributed by atoms with Gasteiger partial charge in [0.2, 0.25) is 0 Å². The van der Waals surface area contributed by atoms with E-state index in [9.17, 15) is 4.79 Å². The van der Waals surface area contributed by atoms with Crippen LogP contribution < -0.4 is 10.3 Å². The Labute approximate surface area is 156 Å². The molecule has 3 aromatic heterocycles. The van der Waals surface area contributed by atoms with Gasteiger partial charge in [-0.1, -0.05) is 11.9 Å². The quantitative estimate of drug-likeness (QED) is 0.697. The van der Waals surface area contributed by atoms with Gasteiger partial charge in [-0.2, -0.15) is 5.10 Å². The molecule has 1 N–H and O–H groups in total. The monoisotopic (exact) mass is 369 g/mol. The maximum absolute atomic E-state index is 12.0. The van der Waals surface area contributed by atoms with Crippen LogP contribution in [0.2, 0.25) is 0 Å². The number of rotatable bonds is 5. The molecule has 1 aliphatic carbocycles. The van der Waals surface area contributed by atoms with E-state index >= 15 is 0 Å². The largest absolute Gasteiger partial charge is 0.318 e. The fourth-order valence-corrected chi connectivity index (χ4v) is 3.74. The molecule has 0 aromatic carbocycles. The van der Waals surface area contributed by atoms with Crippen molar-refractivity contribution in [1.82, 2.24) is 19.3 Å². The second kappa shape index (κ2) is 6.46. The van der Waals surface area contributed by atoms with E-state index < -0.39 is 0 Å². The van der Waals surface area contributed by atoms with Crippen molar-refractivity contribution in [2.75, 3.05) is 11.0 Å². The van der Waals surface area contributed by atoms with Gasteiger partial charge in [-0.05, 0) is 44.7 Å². The smallest absolute Gasteiger partial charge is 0.253 e. The number of aryl methyl sites for hydroxylation is 3. The van der Waals surface area contributed by atoms with Crippen LogP contribution in [0.4, 0.5) is 5.82 Å². The van der Waals surface area contributed by atoms with Crippen LogP contribution in [-0.4, -0.2) is 25.6 Å². The lowest BCUT2D eigenvalue weighted by atomic mass is 10.1. The van der Waals surface area contributed by atoms with E-state index in [2.05, 4.69) is 15.5 Å². The van der Waals surface area contributed by atoms with Crippen molar-refractivity contribution in [3.8, 4) is 11.3 Å². The minimum Gasteiger partial charge on any atom is -0.318 e. The number of hydrogen-bond acceptors (Lipinski definition) is 5. The third-order valence-electron chi connectivity index (χ3n) is 4.89. The molecule has 3 heterocycles. The number of fused-ring (bicyclic) bond motifs is 1. The molecule has 0 bridgehead atoms. The van der Waals surface area contributed by atoms with Gasteiger partial charge in [0.25, 0.3) is 5.56 Å². The molecule has 1 aliphatic rings. The molecule has 0 spiro atoms. The van der Waals surface area contributed by atoms with Crippen LogP contribution in [-0.2, 0) is 13.6 Å². The number of anilines is 1. The molecule has 0 saturated heterocycles. The summed E-state index contributed by atoms with van der Waals surface area (Å²) in [7, 11) is 1.78. The summed E-state index contributed by atoms with van der Waals surface area (Å²) in [6, 6.07) is 4.01. The van der Waals surface area contributed by atoms with Crippen molar-refractivity contribution in [2.24, 2.45) is 13.0 Å². The molecule has 4 rings (SSSR count). The van der Waals surface area contributed by atoms with Gasteiger partial charge in [0.15, 0.2) is 0 Å². The Morgan fingerprint density at radius 2 is 2.08 bits per heavy atom. The lowest BCUT2D eigenvalue weighted by Gasteiger charge is -2.11. The molecule has 1 saturated carbocycles. The Bertz CT molecular complexity index is 1020. The van der Waals surface area contributed by atoms with E-state index in [1.54, 1.807) is 11.6 Å². The molecule has 136 valence electrons. The van der Waals surface area contributed by atoms with Gasteiger partial charge in [0.1, 0.15) is 5.82 Å². The van der Waals surface area contributed by atoms with Crippen LogP contribution >= 0.6 is 11.9 Å². The molecule has 6 nitrogen and oxygen atoms in total. The summed E-state index contributed by atoms with van der Waals surface area (Å²) in [5.74, 6) is 1.57. The Balaban J connectivity index is 1.93. The zero-order valence-electron chi connectivity index (χ0n) is 15.5. The summed E-state index contributed by atoms with van der Waals surface area (Å²) < 4.78 is 7.04. The first-order valence-corrected chi connectivity index (χ1v) is 10.0. The Morgan fingerprint density at radius 1 is 1.31 bits per heavy atom. The molecule has 0 unspecified atom stereocenters. The minimum absolute atomic E-state index is 0.0203. The molecule has 7 heteroatoms. The van der Waals surface area contributed by atoms with Gasteiger partial charge in [-0.25, -0.2) is 4.98 Å². The fourth-order valence-electron chi connectivity index (χ4n) is 3.40. The van der Waals surface area contributed by atoms with E-state index in [4.69, 9.17) is 10.1 Å². The molecule has 0 atom stereocenters. The zero-order valence-corrected chi connectivity index (χ0v) is 16.4. The molecule has 1 fully saturated rings. The molecule has 0 amide bonds. The highest BCUT2D eigenvalue weighted by atomic mass is 32.2. The average molecular weight is 369 g/mol. The predicted molar refractivity (Wildman–Crippen MR) is 108 cm³/mol. The van der Waals surface area contributed by atoms with Crippen molar-refractivity contribution >= 4 is 28.7 Å². The Hall–Kier alpha value is -2.28. The maximum atomic E-state index is 12.0. The van der Waals surface area contributed by atoms with Gasteiger partial charge in [-0.15, -0.1) is 0 Å². The van der Waals surface area contributed by atoms with Gasteiger partial charge < -0.3 is 9.29 Å². The Morgan fingerprint density at radius 3 is 2.73 bits per heavy atom. The van der Waals surface area contributed by atoms with E-state index in [1.165, 1.54) is 24.8 Å². The molecule has 0 radical (unpaired) electrons. The molecular weight excluding hydrogens is 346 g/mol. The highest BCUT2D eigenvalue weighted by Crippen LogP contribution is 2.35. The minimum atomic E-state index is 0.0203. The van der Waals surface area contributed by atoms with Crippen LogP contribution in [0.1, 0.15) is 24.1 Å². The lowest BCUT2D eigenvalue weighted by molar-refractivity contribution is 0.576. The third kappa shape index (κ3) is 3.00. The standard InChI is InChI=1S/C19H23N5OS/c1-11-7-14(10-23(3)19(11)25)15-8-16-17(18(20-15)22-26-4)12(2)21-24(16)9-13-5-6-13/h7-8,10,13H,5-6,9H2,1-4H3,(H,20,22). The van der Waals surface area contributed by atoms with Crippen LogP contribution in [0.15, 0.2) is 23.1 Å². The molecule has 0 aliphatic heterocycles. The molecule has 26 heavy (non-hydrogen) atoms. The van der Waals surface area contributed by atoms with Crippen LogP contribution in [0.5, 0.6) is 0 Å². The first-order valence-electron chi connectivity index (χ1n) is 8.82. The number of hydrogen-bond donors (Lipinski definition) is 1. The molecule has 3 aromatic rings. The second-order valence-electron chi connectivity index (χ2n) is 7.10. The van der Waals surface area contributed by atoms with Gasteiger partial charge in [0, 0.05) is 37.2 Å². The van der Waals surface area contributed by atoms with Gasteiger partial charge in [0.05, 0.1) is 22.3 Å². The van der Waals surface area contributed by atoms with Crippen molar-refractivity contribution in [3.63, 3.8) is 0 Å². The first kappa shape index (κ1) is 17.1. The van der Waals surface area contributed by atoms with Crippen molar-refractivity contribution in [1.29, 1.82) is 0 Å². The summed E-state index contributed by atoms with van der Waals surface area (Å²) >= 11 is 1.52. The van der Waals surface area contributed by atoms with E-state index in [-0.39, 0.29) is 5.56 Å². The summed E-state index contributed by atoms with van der Waals surface area (Å²) in [5, 5.41) is 5.84.